The lowest BCUT2D eigenvalue weighted by Gasteiger charge is -2.18. The quantitative estimate of drug-likeness (QED) is 0.0261. The van der Waals surface area contributed by atoms with Crippen molar-refractivity contribution in [3.63, 3.8) is 0 Å². The molecule has 0 aliphatic heterocycles. The number of hydrogen-bond donors (Lipinski definition) is 0. The minimum absolute atomic E-state index is 0.0698. The van der Waals surface area contributed by atoms with Crippen molar-refractivity contribution in [2.75, 3.05) is 13.2 Å². The number of allylic oxidation sites excluding steroid dienone is 4. The number of rotatable bonds is 59. The van der Waals surface area contributed by atoms with Crippen LogP contribution in [0.2, 0.25) is 0 Å². The molecule has 0 saturated carbocycles. The fourth-order valence-corrected chi connectivity index (χ4v) is 9.66. The molecule has 0 aliphatic carbocycles. The maximum atomic E-state index is 12.9. The van der Waals surface area contributed by atoms with E-state index in [-0.39, 0.29) is 31.1 Å². The van der Waals surface area contributed by atoms with Crippen molar-refractivity contribution in [2.45, 2.75) is 361 Å². The van der Waals surface area contributed by atoms with Gasteiger partial charge in [-0.25, -0.2) is 0 Å². The van der Waals surface area contributed by atoms with Crippen LogP contribution in [0.3, 0.4) is 0 Å². The lowest BCUT2D eigenvalue weighted by atomic mass is 10.0. The standard InChI is InChI=1S/C65H122O6/c1-4-7-10-13-16-19-22-25-27-29-30-31-32-33-34-35-36-38-40-43-46-49-52-55-58-64(67)70-61-62(60-69-63(66)57-54-51-48-45-42-39-24-21-18-15-12-9-6-3)71-65(68)59-56-53-50-47-44-41-37-28-26-23-20-17-14-11-8-5-2/h12,15,21,24,62H,4-11,13-14,16-20,22-23,25-61H2,1-3H3/b15-12-,24-21-. The summed E-state index contributed by atoms with van der Waals surface area (Å²) in [5, 5.41) is 0. The summed E-state index contributed by atoms with van der Waals surface area (Å²) in [5.41, 5.74) is 0. The van der Waals surface area contributed by atoms with Crippen molar-refractivity contribution in [1.82, 2.24) is 0 Å². The van der Waals surface area contributed by atoms with Crippen LogP contribution in [-0.4, -0.2) is 37.2 Å². The Balaban J connectivity index is 4.22. The normalized spacial score (nSPS) is 12.1. The Bertz CT molecular complexity index is 1150. The zero-order valence-electron chi connectivity index (χ0n) is 48.0. The van der Waals surface area contributed by atoms with Gasteiger partial charge in [0.2, 0.25) is 0 Å². The third-order valence-corrected chi connectivity index (χ3v) is 14.4. The van der Waals surface area contributed by atoms with Crippen LogP contribution in [0.5, 0.6) is 0 Å². The van der Waals surface area contributed by atoms with E-state index in [2.05, 4.69) is 45.1 Å². The SMILES string of the molecule is CCC/C=C\C/C=C\CCCCCCCC(=O)OCC(COC(=O)CCCCCCCCCCCCCCCCCCCCCCCCCC)OC(=O)CCCCCCCCCCCCCCCCCC. The van der Waals surface area contributed by atoms with E-state index in [9.17, 15) is 14.4 Å². The van der Waals surface area contributed by atoms with Gasteiger partial charge >= 0.3 is 17.9 Å². The van der Waals surface area contributed by atoms with Crippen LogP contribution < -0.4 is 0 Å². The maximum absolute atomic E-state index is 12.9. The Morgan fingerprint density at radius 1 is 0.282 bits per heavy atom. The Morgan fingerprint density at radius 3 is 0.831 bits per heavy atom. The second kappa shape index (κ2) is 60.4. The van der Waals surface area contributed by atoms with Gasteiger partial charge in [-0.15, -0.1) is 0 Å². The van der Waals surface area contributed by atoms with Gasteiger partial charge in [-0.05, 0) is 44.9 Å². The van der Waals surface area contributed by atoms with E-state index in [4.69, 9.17) is 14.2 Å². The summed E-state index contributed by atoms with van der Waals surface area (Å²) in [5.74, 6) is -0.858. The molecule has 0 radical (unpaired) electrons. The van der Waals surface area contributed by atoms with Gasteiger partial charge in [0.05, 0.1) is 0 Å². The average molecular weight is 1000 g/mol. The predicted octanol–water partition coefficient (Wildman–Crippen LogP) is 21.4. The molecule has 0 saturated heterocycles. The minimum atomic E-state index is -0.772. The van der Waals surface area contributed by atoms with Gasteiger partial charge in [-0.2, -0.15) is 0 Å². The van der Waals surface area contributed by atoms with Crippen molar-refractivity contribution < 1.29 is 28.6 Å². The van der Waals surface area contributed by atoms with Crippen LogP contribution in [0, 0.1) is 0 Å². The third-order valence-electron chi connectivity index (χ3n) is 14.4. The summed E-state index contributed by atoms with van der Waals surface area (Å²) in [6.45, 7) is 6.63. The van der Waals surface area contributed by atoms with Gasteiger partial charge in [-0.3, -0.25) is 14.4 Å². The van der Waals surface area contributed by atoms with Crippen molar-refractivity contribution in [3.05, 3.63) is 24.3 Å². The molecule has 418 valence electrons. The highest BCUT2D eigenvalue weighted by Gasteiger charge is 2.19. The molecule has 1 unspecified atom stereocenters. The summed E-state index contributed by atoms with van der Waals surface area (Å²) in [6, 6.07) is 0. The Kier molecular flexibility index (Phi) is 58.6. The topological polar surface area (TPSA) is 78.9 Å². The van der Waals surface area contributed by atoms with E-state index in [1.807, 2.05) is 0 Å². The third kappa shape index (κ3) is 58.7. The Labute approximate surface area is 443 Å². The minimum Gasteiger partial charge on any atom is -0.462 e. The van der Waals surface area contributed by atoms with Gasteiger partial charge in [0.15, 0.2) is 6.10 Å². The van der Waals surface area contributed by atoms with E-state index in [0.717, 1.165) is 83.5 Å². The molecular weight excluding hydrogens is 877 g/mol. The van der Waals surface area contributed by atoms with Crippen LogP contribution in [0.15, 0.2) is 24.3 Å². The average Bonchev–Trinajstić information content (AvgIpc) is 3.37. The molecule has 0 N–H and O–H groups in total. The van der Waals surface area contributed by atoms with Gasteiger partial charge < -0.3 is 14.2 Å². The Morgan fingerprint density at radius 2 is 0.535 bits per heavy atom. The van der Waals surface area contributed by atoms with Gasteiger partial charge in [-0.1, -0.05) is 315 Å². The largest absolute Gasteiger partial charge is 0.462 e. The van der Waals surface area contributed by atoms with Crippen LogP contribution >= 0.6 is 0 Å². The zero-order valence-corrected chi connectivity index (χ0v) is 48.0. The van der Waals surface area contributed by atoms with Gasteiger partial charge in [0.25, 0.3) is 0 Å². The Hall–Kier alpha value is -2.11. The highest BCUT2D eigenvalue weighted by molar-refractivity contribution is 5.71. The molecular formula is C65H122O6. The molecule has 0 aromatic carbocycles. The first kappa shape index (κ1) is 68.9. The first-order valence-corrected chi connectivity index (χ1v) is 31.8. The molecule has 0 aliphatic rings. The molecule has 0 heterocycles. The molecule has 0 spiro atoms. The smallest absolute Gasteiger partial charge is 0.306 e. The second-order valence-electron chi connectivity index (χ2n) is 21.7. The molecule has 0 aromatic heterocycles. The summed E-state index contributed by atoms with van der Waals surface area (Å²) in [7, 11) is 0. The number of carbonyl (C=O) groups is 3. The maximum Gasteiger partial charge on any atom is 0.306 e. The molecule has 0 aromatic rings. The van der Waals surface area contributed by atoms with E-state index in [1.165, 1.54) is 231 Å². The second-order valence-corrected chi connectivity index (χ2v) is 21.7. The number of unbranched alkanes of at least 4 members (excludes halogenated alkanes) is 44. The molecule has 6 heteroatoms. The first-order chi connectivity index (χ1) is 35.0. The molecule has 1 atom stereocenters. The summed E-state index contributed by atoms with van der Waals surface area (Å²) < 4.78 is 16.9. The number of ether oxygens (including phenoxy) is 3. The zero-order chi connectivity index (χ0) is 51.4. The highest BCUT2D eigenvalue weighted by Crippen LogP contribution is 2.18. The highest BCUT2D eigenvalue weighted by atomic mass is 16.6. The van der Waals surface area contributed by atoms with Crippen molar-refractivity contribution >= 4 is 17.9 Å². The number of esters is 3. The first-order valence-electron chi connectivity index (χ1n) is 31.8. The van der Waals surface area contributed by atoms with Crippen molar-refractivity contribution in [1.29, 1.82) is 0 Å². The molecule has 0 rings (SSSR count). The summed E-state index contributed by atoms with van der Waals surface area (Å²) in [6.07, 6.45) is 71.9. The van der Waals surface area contributed by atoms with Crippen LogP contribution in [0.25, 0.3) is 0 Å². The fourth-order valence-electron chi connectivity index (χ4n) is 9.66. The van der Waals surface area contributed by atoms with Gasteiger partial charge in [0.1, 0.15) is 13.2 Å². The van der Waals surface area contributed by atoms with E-state index in [1.54, 1.807) is 0 Å². The van der Waals surface area contributed by atoms with Crippen LogP contribution in [0.1, 0.15) is 355 Å². The van der Waals surface area contributed by atoms with Gasteiger partial charge in [0, 0.05) is 19.3 Å². The van der Waals surface area contributed by atoms with E-state index in [0.29, 0.717) is 19.3 Å². The van der Waals surface area contributed by atoms with E-state index < -0.39 is 6.10 Å². The molecule has 71 heavy (non-hydrogen) atoms. The number of hydrogen-bond acceptors (Lipinski definition) is 6. The lowest BCUT2D eigenvalue weighted by molar-refractivity contribution is -0.167. The molecule has 6 nitrogen and oxygen atoms in total. The summed E-state index contributed by atoms with van der Waals surface area (Å²) >= 11 is 0. The van der Waals surface area contributed by atoms with Crippen molar-refractivity contribution in [3.8, 4) is 0 Å². The van der Waals surface area contributed by atoms with Crippen molar-refractivity contribution in [2.24, 2.45) is 0 Å². The monoisotopic (exact) mass is 999 g/mol. The fraction of sp³-hybridized carbons (Fsp3) is 0.892. The summed E-state index contributed by atoms with van der Waals surface area (Å²) in [4.78, 5) is 38.2. The lowest BCUT2D eigenvalue weighted by Crippen LogP contribution is -2.30. The number of carbonyl (C=O) groups excluding carboxylic acids is 3. The van der Waals surface area contributed by atoms with Crippen LogP contribution in [0.4, 0.5) is 0 Å². The molecule has 0 fully saturated rings. The van der Waals surface area contributed by atoms with Crippen LogP contribution in [-0.2, 0) is 28.6 Å². The molecule has 0 bridgehead atoms. The molecule has 0 amide bonds. The predicted molar refractivity (Wildman–Crippen MR) is 307 cm³/mol. The van der Waals surface area contributed by atoms with E-state index >= 15 is 0 Å².